The predicted octanol–water partition coefficient (Wildman–Crippen LogP) is 3.18. The fourth-order valence-corrected chi connectivity index (χ4v) is 5.00. The number of benzene rings is 1. The highest BCUT2D eigenvalue weighted by Crippen LogP contribution is 2.42. The summed E-state index contributed by atoms with van der Waals surface area (Å²) >= 11 is 1.67. The SMILES string of the molecule is COCc1nnc(N2CCC3(CCN(Cc4ccccc4)C3)CC2)s1. The third-order valence-electron chi connectivity index (χ3n) is 5.59. The van der Waals surface area contributed by atoms with Crippen LogP contribution in [0.4, 0.5) is 5.13 Å². The van der Waals surface area contributed by atoms with Crippen molar-refractivity contribution in [2.75, 3.05) is 38.2 Å². The van der Waals surface area contributed by atoms with Crippen molar-refractivity contribution in [3.63, 3.8) is 0 Å². The molecule has 2 fully saturated rings. The molecule has 0 atom stereocenters. The van der Waals surface area contributed by atoms with E-state index in [0.717, 1.165) is 29.8 Å². The zero-order valence-electron chi connectivity index (χ0n) is 14.9. The van der Waals surface area contributed by atoms with E-state index in [1.807, 2.05) is 0 Å². The molecule has 2 aromatic rings. The largest absolute Gasteiger partial charge is 0.377 e. The smallest absolute Gasteiger partial charge is 0.208 e. The van der Waals surface area contributed by atoms with Crippen LogP contribution in [0.5, 0.6) is 0 Å². The first-order chi connectivity index (χ1) is 12.3. The van der Waals surface area contributed by atoms with Crippen molar-refractivity contribution < 1.29 is 4.74 Å². The molecular weight excluding hydrogens is 332 g/mol. The van der Waals surface area contributed by atoms with Crippen LogP contribution in [0.2, 0.25) is 0 Å². The number of methoxy groups -OCH3 is 1. The van der Waals surface area contributed by atoms with Crippen LogP contribution in [-0.4, -0.2) is 48.4 Å². The lowest BCUT2D eigenvalue weighted by Gasteiger charge is -2.39. The Balaban J connectivity index is 1.32. The Bertz CT molecular complexity index is 682. The molecule has 2 saturated heterocycles. The van der Waals surface area contributed by atoms with Crippen molar-refractivity contribution in [3.05, 3.63) is 40.9 Å². The van der Waals surface area contributed by atoms with Crippen LogP contribution in [0.15, 0.2) is 30.3 Å². The molecule has 0 aliphatic carbocycles. The normalized spacial score (nSPS) is 20.4. The van der Waals surface area contributed by atoms with Crippen molar-refractivity contribution in [2.45, 2.75) is 32.4 Å². The minimum atomic E-state index is 0.505. The van der Waals surface area contributed by atoms with Gasteiger partial charge in [0, 0.05) is 33.3 Å². The molecule has 1 spiro atoms. The molecule has 0 radical (unpaired) electrons. The van der Waals surface area contributed by atoms with Crippen molar-refractivity contribution in [1.29, 1.82) is 0 Å². The maximum Gasteiger partial charge on any atom is 0.208 e. The van der Waals surface area contributed by atoms with Crippen molar-refractivity contribution in [1.82, 2.24) is 15.1 Å². The van der Waals surface area contributed by atoms with E-state index >= 15 is 0 Å². The molecule has 25 heavy (non-hydrogen) atoms. The standard InChI is InChI=1S/C19H26N4OS/c1-24-14-17-20-21-18(25-17)23-11-8-19(9-12-23)7-10-22(15-19)13-16-5-3-2-4-6-16/h2-6H,7-15H2,1H3. The highest BCUT2D eigenvalue weighted by Gasteiger charge is 2.40. The van der Waals surface area contributed by atoms with Gasteiger partial charge in [0.15, 0.2) is 0 Å². The summed E-state index contributed by atoms with van der Waals surface area (Å²) in [6.07, 6.45) is 3.85. The summed E-state index contributed by atoms with van der Waals surface area (Å²) in [5.74, 6) is 0. The first-order valence-electron chi connectivity index (χ1n) is 9.09. The molecule has 0 saturated carbocycles. The summed E-state index contributed by atoms with van der Waals surface area (Å²) in [6, 6.07) is 10.8. The Labute approximate surface area is 153 Å². The Morgan fingerprint density at radius 1 is 1.08 bits per heavy atom. The zero-order valence-corrected chi connectivity index (χ0v) is 15.7. The second-order valence-electron chi connectivity index (χ2n) is 7.34. The van der Waals surface area contributed by atoms with Gasteiger partial charge in [0.1, 0.15) is 11.6 Å². The number of likely N-dealkylation sites (tertiary alicyclic amines) is 1. The maximum absolute atomic E-state index is 5.15. The minimum Gasteiger partial charge on any atom is -0.377 e. The molecule has 4 rings (SSSR count). The second kappa shape index (κ2) is 7.40. The molecule has 0 bridgehead atoms. The maximum atomic E-state index is 5.15. The van der Waals surface area contributed by atoms with Crippen LogP contribution in [0, 0.1) is 5.41 Å². The first kappa shape index (κ1) is 16.9. The Kier molecular flexibility index (Phi) is 5.01. The summed E-state index contributed by atoms with van der Waals surface area (Å²) in [4.78, 5) is 5.04. The highest BCUT2D eigenvalue weighted by atomic mass is 32.1. The van der Waals surface area contributed by atoms with E-state index in [0.29, 0.717) is 12.0 Å². The van der Waals surface area contributed by atoms with E-state index < -0.39 is 0 Å². The van der Waals surface area contributed by atoms with Gasteiger partial charge in [-0.05, 0) is 36.8 Å². The molecular formula is C19H26N4OS. The van der Waals surface area contributed by atoms with Gasteiger partial charge in [-0.25, -0.2) is 0 Å². The second-order valence-corrected chi connectivity index (χ2v) is 8.39. The number of ether oxygens (including phenoxy) is 1. The lowest BCUT2D eigenvalue weighted by molar-refractivity contribution is 0.184. The summed E-state index contributed by atoms with van der Waals surface area (Å²) in [5, 5.41) is 10.6. The van der Waals surface area contributed by atoms with E-state index in [2.05, 4.69) is 50.3 Å². The summed E-state index contributed by atoms with van der Waals surface area (Å²) in [5.41, 5.74) is 1.93. The topological polar surface area (TPSA) is 41.5 Å². The molecule has 1 aromatic carbocycles. The summed E-state index contributed by atoms with van der Waals surface area (Å²) in [6.45, 7) is 6.31. The summed E-state index contributed by atoms with van der Waals surface area (Å²) < 4.78 is 5.15. The van der Waals surface area contributed by atoms with E-state index in [-0.39, 0.29) is 0 Å². The van der Waals surface area contributed by atoms with E-state index in [1.165, 1.54) is 37.9 Å². The van der Waals surface area contributed by atoms with Gasteiger partial charge in [0.25, 0.3) is 0 Å². The molecule has 0 N–H and O–H groups in total. The van der Waals surface area contributed by atoms with E-state index in [4.69, 9.17) is 4.74 Å². The average molecular weight is 359 g/mol. The lowest BCUT2D eigenvalue weighted by atomic mass is 9.78. The lowest BCUT2D eigenvalue weighted by Crippen LogP contribution is -2.41. The average Bonchev–Trinajstić information content (AvgIpc) is 3.25. The number of piperidine rings is 1. The number of hydrogen-bond donors (Lipinski definition) is 0. The van der Waals surface area contributed by atoms with Crippen molar-refractivity contribution in [3.8, 4) is 0 Å². The quantitative estimate of drug-likeness (QED) is 0.821. The van der Waals surface area contributed by atoms with Gasteiger partial charge in [0.05, 0.1) is 0 Å². The Morgan fingerprint density at radius 3 is 2.60 bits per heavy atom. The van der Waals surface area contributed by atoms with Gasteiger partial charge in [-0.2, -0.15) is 0 Å². The van der Waals surface area contributed by atoms with Gasteiger partial charge in [-0.3, -0.25) is 4.90 Å². The number of nitrogens with zero attached hydrogens (tertiary/aromatic N) is 4. The van der Waals surface area contributed by atoms with Crippen LogP contribution in [-0.2, 0) is 17.9 Å². The van der Waals surface area contributed by atoms with Crippen molar-refractivity contribution in [2.24, 2.45) is 5.41 Å². The third kappa shape index (κ3) is 3.86. The molecule has 0 unspecified atom stereocenters. The molecule has 3 heterocycles. The summed E-state index contributed by atoms with van der Waals surface area (Å²) in [7, 11) is 1.70. The first-order valence-corrected chi connectivity index (χ1v) is 9.91. The number of anilines is 1. The molecule has 2 aliphatic rings. The van der Waals surface area contributed by atoms with Crippen LogP contribution in [0.25, 0.3) is 0 Å². The number of rotatable bonds is 5. The predicted molar refractivity (Wildman–Crippen MR) is 101 cm³/mol. The monoisotopic (exact) mass is 358 g/mol. The van der Waals surface area contributed by atoms with E-state index in [9.17, 15) is 0 Å². The molecule has 5 nitrogen and oxygen atoms in total. The molecule has 1 aromatic heterocycles. The van der Waals surface area contributed by atoms with Crippen molar-refractivity contribution >= 4 is 16.5 Å². The molecule has 6 heteroatoms. The molecule has 2 aliphatic heterocycles. The minimum absolute atomic E-state index is 0.505. The number of hydrogen-bond acceptors (Lipinski definition) is 6. The Hall–Kier alpha value is -1.50. The fourth-order valence-electron chi connectivity index (χ4n) is 4.14. The van der Waals surface area contributed by atoms with Crippen LogP contribution >= 0.6 is 11.3 Å². The van der Waals surface area contributed by atoms with Gasteiger partial charge in [-0.1, -0.05) is 41.7 Å². The highest BCUT2D eigenvalue weighted by molar-refractivity contribution is 7.15. The fraction of sp³-hybridized carbons (Fsp3) is 0.579. The van der Waals surface area contributed by atoms with Crippen LogP contribution < -0.4 is 4.90 Å². The van der Waals surface area contributed by atoms with Crippen LogP contribution in [0.1, 0.15) is 29.8 Å². The van der Waals surface area contributed by atoms with Gasteiger partial charge in [0.2, 0.25) is 5.13 Å². The Morgan fingerprint density at radius 2 is 1.84 bits per heavy atom. The van der Waals surface area contributed by atoms with E-state index in [1.54, 1.807) is 18.4 Å². The third-order valence-corrected chi connectivity index (χ3v) is 6.54. The van der Waals surface area contributed by atoms with Gasteiger partial charge >= 0.3 is 0 Å². The van der Waals surface area contributed by atoms with Gasteiger partial charge < -0.3 is 9.64 Å². The zero-order chi connectivity index (χ0) is 17.1. The molecule has 134 valence electrons. The van der Waals surface area contributed by atoms with Gasteiger partial charge in [-0.15, -0.1) is 10.2 Å². The van der Waals surface area contributed by atoms with Crippen LogP contribution in [0.3, 0.4) is 0 Å². The molecule has 0 amide bonds. The number of aromatic nitrogens is 2.